The molecular formula is C13H15F5N2. The lowest BCUT2D eigenvalue weighted by Gasteiger charge is -2.27. The van der Waals surface area contributed by atoms with E-state index in [1.54, 1.807) is 0 Å². The highest BCUT2D eigenvalue weighted by molar-refractivity contribution is 5.50. The second-order valence-electron chi connectivity index (χ2n) is 4.94. The number of anilines is 1. The zero-order valence-electron chi connectivity index (χ0n) is 10.9. The third kappa shape index (κ3) is 3.20. The monoisotopic (exact) mass is 294 g/mol. The summed E-state index contributed by atoms with van der Waals surface area (Å²) in [6, 6.07) is 1.97. The van der Waals surface area contributed by atoms with Crippen LogP contribution in [-0.4, -0.2) is 32.4 Å². The van der Waals surface area contributed by atoms with Gasteiger partial charge in [0.2, 0.25) is 0 Å². The van der Waals surface area contributed by atoms with Crippen LogP contribution < -0.4 is 10.2 Å². The fourth-order valence-corrected chi connectivity index (χ4v) is 2.23. The summed E-state index contributed by atoms with van der Waals surface area (Å²) < 4.78 is 65.8. The van der Waals surface area contributed by atoms with Gasteiger partial charge in [0.05, 0.1) is 11.6 Å². The van der Waals surface area contributed by atoms with Crippen molar-refractivity contribution in [3.8, 4) is 0 Å². The number of benzene rings is 1. The Kier molecular flexibility index (Phi) is 4.17. The Morgan fingerprint density at radius 2 is 1.90 bits per heavy atom. The van der Waals surface area contributed by atoms with Crippen molar-refractivity contribution in [1.82, 2.24) is 5.32 Å². The summed E-state index contributed by atoms with van der Waals surface area (Å²) in [5.74, 6) is -2.93. The van der Waals surface area contributed by atoms with Crippen LogP contribution in [0.3, 0.4) is 0 Å². The Morgan fingerprint density at radius 1 is 1.20 bits per heavy atom. The molecule has 7 heteroatoms. The maximum atomic E-state index is 13.9. The smallest absolute Gasteiger partial charge is 0.367 e. The van der Waals surface area contributed by atoms with Gasteiger partial charge in [-0.3, -0.25) is 0 Å². The van der Waals surface area contributed by atoms with Gasteiger partial charge in [0, 0.05) is 32.2 Å². The van der Waals surface area contributed by atoms with Crippen LogP contribution in [0, 0.1) is 24.5 Å². The number of hydrogen-bond acceptors (Lipinski definition) is 2. The Morgan fingerprint density at radius 3 is 2.55 bits per heavy atom. The van der Waals surface area contributed by atoms with Crippen LogP contribution in [0.25, 0.3) is 0 Å². The topological polar surface area (TPSA) is 15.3 Å². The zero-order chi connectivity index (χ0) is 14.9. The van der Waals surface area contributed by atoms with Crippen molar-refractivity contribution in [2.45, 2.75) is 13.1 Å². The molecule has 1 aromatic rings. The van der Waals surface area contributed by atoms with Crippen molar-refractivity contribution in [2.24, 2.45) is 5.92 Å². The van der Waals surface area contributed by atoms with Crippen LogP contribution in [0.4, 0.5) is 27.6 Å². The Balaban J connectivity index is 2.29. The number of hydrogen-bond donors (Lipinski definition) is 1. The molecule has 0 spiro atoms. The molecule has 2 rings (SSSR count). The highest BCUT2D eigenvalue weighted by Crippen LogP contribution is 2.30. The van der Waals surface area contributed by atoms with Gasteiger partial charge in [-0.25, -0.2) is 8.78 Å². The van der Waals surface area contributed by atoms with Crippen molar-refractivity contribution in [1.29, 1.82) is 0 Å². The fraction of sp³-hybridized carbons (Fsp3) is 0.538. The van der Waals surface area contributed by atoms with E-state index in [1.807, 2.05) is 0 Å². The first-order valence-electron chi connectivity index (χ1n) is 6.27. The van der Waals surface area contributed by atoms with Gasteiger partial charge in [-0.05, 0) is 18.6 Å². The second-order valence-corrected chi connectivity index (χ2v) is 4.94. The molecule has 0 aliphatic carbocycles. The first kappa shape index (κ1) is 15.0. The molecular weight excluding hydrogens is 279 g/mol. The molecule has 0 bridgehead atoms. The largest absolute Gasteiger partial charge is 0.394 e. The number of alkyl halides is 3. The van der Waals surface area contributed by atoms with E-state index >= 15 is 0 Å². The minimum absolute atomic E-state index is 0.119. The normalized spacial score (nSPS) is 20.9. The minimum atomic E-state index is -4.37. The quantitative estimate of drug-likeness (QED) is 0.801. The van der Waals surface area contributed by atoms with Gasteiger partial charge >= 0.3 is 6.18 Å². The van der Waals surface area contributed by atoms with Crippen molar-refractivity contribution < 1.29 is 22.0 Å². The van der Waals surface area contributed by atoms with Crippen molar-refractivity contribution >= 4 is 5.69 Å². The second kappa shape index (κ2) is 5.55. The van der Waals surface area contributed by atoms with Crippen LogP contribution in [0.2, 0.25) is 0 Å². The molecule has 1 atom stereocenters. The highest BCUT2D eigenvalue weighted by atomic mass is 19.4. The average molecular weight is 294 g/mol. The van der Waals surface area contributed by atoms with Gasteiger partial charge in [0.25, 0.3) is 0 Å². The molecule has 1 saturated heterocycles. The van der Waals surface area contributed by atoms with Crippen molar-refractivity contribution in [3.63, 3.8) is 0 Å². The van der Waals surface area contributed by atoms with E-state index in [0.717, 1.165) is 12.1 Å². The van der Waals surface area contributed by atoms with Gasteiger partial charge in [-0.2, -0.15) is 13.2 Å². The Labute approximate surface area is 113 Å². The molecule has 1 aliphatic heterocycles. The number of rotatable bonds is 1. The number of halogens is 5. The number of nitrogens with zero attached hydrogens (tertiary/aromatic N) is 1. The molecule has 1 N–H and O–H groups in total. The average Bonchev–Trinajstić information content (AvgIpc) is 2.59. The summed E-state index contributed by atoms with van der Waals surface area (Å²) in [5.41, 5.74) is 0.0117. The Hall–Kier alpha value is -1.37. The first-order valence-corrected chi connectivity index (χ1v) is 6.27. The summed E-state index contributed by atoms with van der Waals surface area (Å²) in [7, 11) is 0. The SMILES string of the molecule is Cc1cc(F)c(N2CCNCC(C(F)(F)F)C2)cc1F. The third-order valence-corrected chi connectivity index (χ3v) is 3.42. The molecule has 20 heavy (non-hydrogen) atoms. The molecule has 1 heterocycles. The van der Waals surface area contributed by atoms with Gasteiger partial charge in [0.1, 0.15) is 11.6 Å². The van der Waals surface area contributed by atoms with Crippen molar-refractivity contribution in [2.75, 3.05) is 31.1 Å². The van der Waals surface area contributed by atoms with Crippen LogP contribution in [0.5, 0.6) is 0 Å². The van der Waals surface area contributed by atoms with E-state index in [-0.39, 0.29) is 30.9 Å². The van der Waals surface area contributed by atoms with Crippen LogP contribution in [0.1, 0.15) is 5.56 Å². The van der Waals surface area contributed by atoms with E-state index in [4.69, 9.17) is 0 Å². The highest BCUT2D eigenvalue weighted by Gasteiger charge is 2.41. The predicted molar refractivity (Wildman–Crippen MR) is 65.7 cm³/mol. The van der Waals surface area contributed by atoms with Gasteiger partial charge in [0.15, 0.2) is 0 Å². The third-order valence-electron chi connectivity index (χ3n) is 3.42. The van der Waals surface area contributed by atoms with E-state index in [0.29, 0.717) is 6.54 Å². The van der Waals surface area contributed by atoms with E-state index in [1.165, 1.54) is 11.8 Å². The fourth-order valence-electron chi connectivity index (χ4n) is 2.23. The lowest BCUT2D eigenvalue weighted by atomic mass is 10.1. The first-order chi connectivity index (χ1) is 9.29. The zero-order valence-corrected chi connectivity index (χ0v) is 10.9. The molecule has 1 fully saturated rings. The van der Waals surface area contributed by atoms with Gasteiger partial charge < -0.3 is 10.2 Å². The molecule has 1 aromatic carbocycles. The molecule has 2 nitrogen and oxygen atoms in total. The lowest BCUT2D eigenvalue weighted by molar-refractivity contribution is -0.169. The van der Waals surface area contributed by atoms with E-state index < -0.39 is 23.7 Å². The number of nitrogens with one attached hydrogen (secondary N) is 1. The maximum Gasteiger partial charge on any atom is 0.394 e. The molecule has 1 aliphatic rings. The van der Waals surface area contributed by atoms with Crippen LogP contribution in [0.15, 0.2) is 12.1 Å². The summed E-state index contributed by atoms with van der Waals surface area (Å²) >= 11 is 0. The van der Waals surface area contributed by atoms with Crippen LogP contribution in [-0.2, 0) is 0 Å². The standard InChI is InChI=1S/C13H15F5N2/c1-8-4-11(15)12(5-10(8)14)20-3-2-19-6-9(7-20)13(16,17)18/h4-5,9,19H,2-3,6-7H2,1H3. The molecule has 112 valence electrons. The predicted octanol–water partition coefficient (Wildman–Crippen LogP) is 2.86. The van der Waals surface area contributed by atoms with Gasteiger partial charge in [-0.1, -0.05) is 0 Å². The molecule has 1 unspecified atom stereocenters. The van der Waals surface area contributed by atoms with Crippen LogP contribution >= 0.6 is 0 Å². The summed E-state index contributed by atoms with van der Waals surface area (Å²) in [4.78, 5) is 1.25. The van der Waals surface area contributed by atoms with Gasteiger partial charge in [-0.15, -0.1) is 0 Å². The maximum absolute atomic E-state index is 13.9. The summed E-state index contributed by atoms with van der Waals surface area (Å²) in [5, 5.41) is 2.67. The minimum Gasteiger partial charge on any atom is -0.367 e. The molecule has 0 saturated carbocycles. The Bertz CT molecular complexity index is 486. The molecule has 0 amide bonds. The summed E-state index contributed by atoms with van der Waals surface area (Å²) in [6.07, 6.45) is -4.37. The number of aryl methyl sites for hydroxylation is 1. The molecule has 0 aromatic heterocycles. The van der Waals surface area contributed by atoms with E-state index in [9.17, 15) is 22.0 Å². The van der Waals surface area contributed by atoms with E-state index in [2.05, 4.69) is 5.32 Å². The summed E-state index contributed by atoms with van der Waals surface area (Å²) in [6.45, 7) is 1.31. The lowest BCUT2D eigenvalue weighted by Crippen LogP contribution is -2.38. The van der Waals surface area contributed by atoms with Crippen molar-refractivity contribution in [3.05, 3.63) is 29.3 Å². The molecule has 0 radical (unpaired) electrons.